The van der Waals surface area contributed by atoms with Crippen LogP contribution in [0.1, 0.15) is 31.2 Å². The Bertz CT molecular complexity index is 585. The lowest BCUT2D eigenvalue weighted by Gasteiger charge is -2.22. The van der Waals surface area contributed by atoms with Crippen LogP contribution in [0.2, 0.25) is 0 Å². The maximum absolute atomic E-state index is 11.5. The summed E-state index contributed by atoms with van der Waals surface area (Å²) in [6, 6.07) is 8.58. The molecule has 0 saturated heterocycles. The predicted octanol–water partition coefficient (Wildman–Crippen LogP) is 3.40. The van der Waals surface area contributed by atoms with E-state index in [1.54, 1.807) is 0 Å². The summed E-state index contributed by atoms with van der Waals surface area (Å²) in [6.45, 7) is 2.12. The number of para-hydroxylation sites is 1. The monoisotopic (exact) mass is 242 g/mol. The van der Waals surface area contributed by atoms with Crippen LogP contribution in [-0.4, -0.2) is 16.8 Å². The molecular formula is C15H18N2O. The number of carbonyl (C=O) groups is 1. The van der Waals surface area contributed by atoms with Crippen LogP contribution in [0.25, 0.3) is 10.9 Å². The average Bonchev–Trinajstić information content (AvgIpc) is 2.67. The normalized spacial score (nSPS) is 20.3. The Morgan fingerprint density at radius 1 is 1.33 bits per heavy atom. The van der Waals surface area contributed by atoms with Gasteiger partial charge in [0.15, 0.2) is 0 Å². The van der Waals surface area contributed by atoms with Crippen LogP contribution in [0, 0.1) is 6.92 Å². The number of anilines is 1. The molecule has 1 aromatic carbocycles. The van der Waals surface area contributed by atoms with Crippen molar-refractivity contribution < 1.29 is 4.79 Å². The Morgan fingerprint density at radius 3 is 2.94 bits per heavy atom. The molecule has 2 aromatic rings. The number of aromatic nitrogens is 1. The number of carbonyl (C=O) groups excluding carboxylic acids is 1. The molecular weight excluding hydrogens is 224 g/mol. The molecule has 1 unspecified atom stereocenters. The van der Waals surface area contributed by atoms with E-state index in [4.69, 9.17) is 0 Å². The minimum Gasteiger partial charge on any atom is -0.368 e. The molecule has 0 aliphatic heterocycles. The second kappa shape index (κ2) is 4.48. The highest BCUT2D eigenvalue weighted by atomic mass is 16.1. The molecule has 1 aliphatic rings. The number of ketones is 1. The highest BCUT2D eigenvalue weighted by Crippen LogP contribution is 2.27. The maximum Gasteiger partial charge on any atom is 0.134 e. The van der Waals surface area contributed by atoms with Crippen LogP contribution in [0.4, 0.5) is 5.82 Å². The van der Waals surface area contributed by atoms with E-state index in [-0.39, 0.29) is 6.04 Å². The lowest BCUT2D eigenvalue weighted by molar-refractivity contribution is -0.120. The zero-order valence-corrected chi connectivity index (χ0v) is 10.6. The summed E-state index contributed by atoms with van der Waals surface area (Å²) in [5.74, 6) is 1.45. The van der Waals surface area contributed by atoms with Crippen molar-refractivity contribution in [3.63, 3.8) is 0 Å². The van der Waals surface area contributed by atoms with Gasteiger partial charge >= 0.3 is 0 Å². The number of hydrogen-bond acceptors (Lipinski definition) is 2. The van der Waals surface area contributed by atoms with Gasteiger partial charge in [0.1, 0.15) is 11.6 Å². The summed E-state index contributed by atoms with van der Waals surface area (Å²) in [7, 11) is 0. The third kappa shape index (κ3) is 2.01. The number of Topliss-reactive ketones (excluding diaryl/α,β-unsaturated/α-hetero) is 1. The van der Waals surface area contributed by atoms with Crippen molar-refractivity contribution in [3.05, 3.63) is 29.8 Å². The summed E-state index contributed by atoms with van der Waals surface area (Å²) in [4.78, 5) is 14.9. The Balaban J connectivity index is 1.86. The molecule has 1 aliphatic carbocycles. The standard InChI is InChI=1S/C15H18N2O/c1-10-13-7-2-3-8-14(13)17-15(10)16-11-5-4-6-12(18)9-11/h2-3,7-8,11,16-17H,4-6,9H2,1H3. The van der Waals surface area contributed by atoms with Gasteiger partial charge in [-0.3, -0.25) is 4.79 Å². The molecule has 1 heterocycles. The molecule has 18 heavy (non-hydrogen) atoms. The lowest BCUT2D eigenvalue weighted by Crippen LogP contribution is -2.27. The fraction of sp³-hybridized carbons (Fsp3) is 0.400. The Morgan fingerprint density at radius 2 is 2.17 bits per heavy atom. The van der Waals surface area contributed by atoms with E-state index in [9.17, 15) is 4.79 Å². The molecule has 0 radical (unpaired) electrons. The van der Waals surface area contributed by atoms with E-state index in [1.807, 2.05) is 6.07 Å². The number of benzene rings is 1. The van der Waals surface area contributed by atoms with Crippen LogP contribution < -0.4 is 5.32 Å². The maximum atomic E-state index is 11.5. The zero-order valence-electron chi connectivity index (χ0n) is 10.6. The van der Waals surface area contributed by atoms with Gasteiger partial charge in [0.05, 0.1) is 0 Å². The molecule has 0 amide bonds. The van der Waals surface area contributed by atoms with Crippen molar-refractivity contribution in [2.45, 2.75) is 38.6 Å². The van der Waals surface area contributed by atoms with Crippen LogP contribution in [-0.2, 0) is 4.79 Å². The quantitative estimate of drug-likeness (QED) is 0.847. The van der Waals surface area contributed by atoms with Crippen LogP contribution in [0.3, 0.4) is 0 Å². The number of rotatable bonds is 2. The molecule has 3 rings (SSSR count). The second-order valence-corrected chi connectivity index (χ2v) is 5.15. The zero-order chi connectivity index (χ0) is 12.5. The molecule has 3 nitrogen and oxygen atoms in total. The van der Waals surface area contributed by atoms with Gasteiger partial charge in [-0.25, -0.2) is 0 Å². The fourth-order valence-corrected chi connectivity index (χ4v) is 2.78. The highest BCUT2D eigenvalue weighted by Gasteiger charge is 2.20. The Hall–Kier alpha value is -1.77. The smallest absolute Gasteiger partial charge is 0.134 e. The molecule has 0 bridgehead atoms. The predicted molar refractivity (Wildman–Crippen MR) is 73.9 cm³/mol. The molecule has 1 fully saturated rings. The molecule has 1 atom stereocenters. The van der Waals surface area contributed by atoms with Crippen molar-refractivity contribution in [2.75, 3.05) is 5.32 Å². The van der Waals surface area contributed by atoms with Crippen molar-refractivity contribution >= 4 is 22.5 Å². The van der Waals surface area contributed by atoms with Gasteiger partial charge in [0, 0.05) is 29.8 Å². The second-order valence-electron chi connectivity index (χ2n) is 5.15. The van der Waals surface area contributed by atoms with Crippen molar-refractivity contribution in [2.24, 2.45) is 0 Å². The fourth-order valence-electron chi connectivity index (χ4n) is 2.78. The van der Waals surface area contributed by atoms with E-state index in [1.165, 1.54) is 10.9 Å². The third-order valence-electron chi connectivity index (χ3n) is 3.80. The van der Waals surface area contributed by atoms with Gasteiger partial charge in [-0.2, -0.15) is 0 Å². The number of hydrogen-bond donors (Lipinski definition) is 2. The number of aromatic amines is 1. The summed E-state index contributed by atoms with van der Waals surface area (Å²) < 4.78 is 0. The largest absolute Gasteiger partial charge is 0.368 e. The number of nitrogens with one attached hydrogen (secondary N) is 2. The van der Waals surface area contributed by atoms with E-state index in [0.717, 1.165) is 30.6 Å². The summed E-state index contributed by atoms with van der Waals surface area (Å²) in [5.41, 5.74) is 2.39. The van der Waals surface area contributed by atoms with Gasteiger partial charge in [0.2, 0.25) is 0 Å². The number of H-pyrrole nitrogens is 1. The molecule has 0 spiro atoms. The van der Waals surface area contributed by atoms with Crippen LogP contribution in [0.15, 0.2) is 24.3 Å². The van der Waals surface area contributed by atoms with Crippen molar-refractivity contribution in [1.29, 1.82) is 0 Å². The Labute approximate surface area is 107 Å². The molecule has 94 valence electrons. The van der Waals surface area contributed by atoms with E-state index >= 15 is 0 Å². The van der Waals surface area contributed by atoms with Crippen LogP contribution >= 0.6 is 0 Å². The van der Waals surface area contributed by atoms with Crippen molar-refractivity contribution in [1.82, 2.24) is 4.98 Å². The minimum atomic E-state index is 0.290. The molecule has 3 heteroatoms. The van der Waals surface area contributed by atoms with Gasteiger partial charge < -0.3 is 10.3 Å². The van der Waals surface area contributed by atoms with Crippen LogP contribution in [0.5, 0.6) is 0 Å². The topological polar surface area (TPSA) is 44.9 Å². The summed E-state index contributed by atoms with van der Waals surface area (Å²) in [6.07, 6.45) is 3.51. The first-order chi connectivity index (χ1) is 8.74. The van der Waals surface area contributed by atoms with Crippen molar-refractivity contribution in [3.8, 4) is 0 Å². The third-order valence-corrected chi connectivity index (χ3v) is 3.80. The SMILES string of the molecule is Cc1c(NC2CCCC(=O)C2)[nH]c2ccccc12. The minimum absolute atomic E-state index is 0.290. The Kier molecular flexibility index (Phi) is 2.82. The van der Waals surface area contributed by atoms with Gasteiger partial charge in [-0.1, -0.05) is 18.2 Å². The lowest BCUT2D eigenvalue weighted by atomic mass is 9.94. The number of aryl methyl sites for hydroxylation is 1. The van der Waals surface area contributed by atoms with E-state index < -0.39 is 0 Å². The molecule has 1 aromatic heterocycles. The first-order valence-electron chi connectivity index (χ1n) is 6.59. The number of fused-ring (bicyclic) bond motifs is 1. The van der Waals surface area contributed by atoms with Gasteiger partial charge in [-0.15, -0.1) is 0 Å². The van der Waals surface area contributed by atoms with E-state index in [0.29, 0.717) is 12.2 Å². The van der Waals surface area contributed by atoms with Gasteiger partial charge in [-0.05, 0) is 31.4 Å². The summed E-state index contributed by atoms with van der Waals surface area (Å²) in [5, 5.41) is 4.74. The molecule has 2 N–H and O–H groups in total. The first kappa shape index (κ1) is 11.3. The van der Waals surface area contributed by atoms with Gasteiger partial charge in [0.25, 0.3) is 0 Å². The average molecular weight is 242 g/mol. The molecule has 1 saturated carbocycles. The van der Waals surface area contributed by atoms with E-state index in [2.05, 4.69) is 35.4 Å². The first-order valence-corrected chi connectivity index (χ1v) is 6.59. The summed E-state index contributed by atoms with van der Waals surface area (Å²) >= 11 is 0. The highest BCUT2D eigenvalue weighted by molar-refractivity contribution is 5.88.